The minimum absolute atomic E-state index is 0.0218. The van der Waals surface area contributed by atoms with Crippen LogP contribution in [0, 0.1) is 6.92 Å². The number of aryl methyl sites for hydroxylation is 1. The van der Waals surface area contributed by atoms with Crippen LogP contribution in [0.4, 0.5) is 16.5 Å². The van der Waals surface area contributed by atoms with Crippen molar-refractivity contribution in [2.45, 2.75) is 13.8 Å². The van der Waals surface area contributed by atoms with E-state index in [0.717, 1.165) is 16.9 Å². The first-order valence-corrected chi connectivity index (χ1v) is 7.85. The van der Waals surface area contributed by atoms with Crippen LogP contribution in [0.2, 0.25) is 0 Å². The average molecular weight is 338 g/mol. The molecule has 7 nitrogen and oxygen atoms in total. The van der Waals surface area contributed by atoms with Gasteiger partial charge in [-0.3, -0.25) is 5.32 Å². The van der Waals surface area contributed by atoms with E-state index in [1.807, 2.05) is 62.4 Å². The molecule has 0 spiro atoms. The number of hydrogen-bond donors (Lipinski definition) is 2. The summed E-state index contributed by atoms with van der Waals surface area (Å²) in [5.41, 5.74) is 2.53. The highest BCUT2D eigenvalue weighted by molar-refractivity contribution is 5.98. The predicted octanol–water partition coefficient (Wildman–Crippen LogP) is 4.09. The van der Waals surface area contributed by atoms with Gasteiger partial charge in [0.1, 0.15) is 5.75 Å². The number of nitrogens with one attached hydrogen (secondary N) is 2. The number of hydrogen-bond acceptors (Lipinski definition) is 5. The molecule has 2 N–H and O–H groups in total. The summed E-state index contributed by atoms with van der Waals surface area (Å²) in [5, 5.41) is 13.0. The monoisotopic (exact) mass is 338 g/mol. The summed E-state index contributed by atoms with van der Waals surface area (Å²) in [6.45, 7) is 4.50. The summed E-state index contributed by atoms with van der Waals surface area (Å²) in [6, 6.07) is 14.3. The van der Waals surface area contributed by atoms with E-state index in [9.17, 15) is 4.79 Å². The van der Waals surface area contributed by atoms with Crippen LogP contribution in [0.3, 0.4) is 0 Å². The molecule has 1 heterocycles. The molecular formula is C18H18N4O3. The number of rotatable bonds is 5. The Balaban J connectivity index is 1.62. The van der Waals surface area contributed by atoms with Crippen molar-refractivity contribution in [2.75, 3.05) is 17.2 Å². The van der Waals surface area contributed by atoms with Crippen molar-refractivity contribution in [1.29, 1.82) is 0 Å². The molecule has 0 bridgehead atoms. The second-order valence-electron chi connectivity index (χ2n) is 5.31. The lowest BCUT2D eigenvalue weighted by Crippen LogP contribution is -2.19. The second kappa shape index (κ2) is 7.48. The molecule has 0 aliphatic carbocycles. The summed E-state index contributed by atoms with van der Waals surface area (Å²) >= 11 is 0. The number of nitrogens with zero attached hydrogens (tertiary/aromatic N) is 2. The van der Waals surface area contributed by atoms with E-state index in [0.29, 0.717) is 18.2 Å². The van der Waals surface area contributed by atoms with Crippen molar-refractivity contribution in [3.8, 4) is 17.2 Å². The molecule has 0 saturated heterocycles. The molecule has 0 atom stereocenters. The lowest BCUT2D eigenvalue weighted by atomic mass is 10.2. The van der Waals surface area contributed by atoms with E-state index in [4.69, 9.17) is 9.15 Å². The van der Waals surface area contributed by atoms with E-state index in [-0.39, 0.29) is 6.01 Å². The first-order chi connectivity index (χ1) is 12.1. The lowest BCUT2D eigenvalue weighted by Gasteiger charge is -2.04. The molecule has 2 aromatic carbocycles. The number of anilines is 2. The van der Waals surface area contributed by atoms with Gasteiger partial charge in [-0.2, -0.15) is 0 Å². The summed E-state index contributed by atoms with van der Waals surface area (Å²) in [7, 11) is 0. The third-order valence-corrected chi connectivity index (χ3v) is 3.37. The number of carbonyl (C=O) groups is 1. The number of amides is 2. The van der Waals surface area contributed by atoms with E-state index in [1.54, 1.807) is 0 Å². The first-order valence-electron chi connectivity index (χ1n) is 7.85. The number of aromatic nitrogens is 2. The molecule has 25 heavy (non-hydrogen) atoms. The molecule has 3 rings (SSSR count). The zero-order valence-electron chi connectivity index (χ0n) is 13.9. The first kappa shape index (κ1) is 16.5. The van der Waals surface area contributed by atoms with Gasteiger partial charge in [-0.1, -0.05) is 22.8 Å². The van der Waals surface area contributed by atoms with Crippen molar-refractivity contribution in [3.05, 3.63) is 54.1 Å². The zero-order chi connectivity index (χ0) is 17.6. The van der Waals surface area contributed by atoms with Crippen molar-refractivity contribution < 1.29 is 13.9 Å². The Hall–Kier alpha value is -3.35. The van der Waals surface area contributed by atoms with Crippen molar-refractivity contribution in [3.63, 3.8) is 0 Å². The van der Waals surface area contributed by atoms with Crippen molar-refractivity contribution in [2.24, 2.45) is 0 Å². The fourth-order valence-corrected chi connectivity index (χ4v) is 2.15. The molecule has 7 heteroatoms. The van der Waals surface area contributed by atoms with Crippen LogP contribution in [0.15, 0.2) is 52.9 Å². The smallest absolute Gasteiger partial charge is 0.327 e. The van der Waals surface area contributed by atoms with Crippen LogP contribution in [0.1, 0.15) is 12.5 Å². The van der Waals surface area contributed by atoms with E-state index in [1.165, 1.54) is 0 Å². The molecule has 0 saturated carbocycles. The second-order valence-corrected chi connectivity index (χ2v) is 5.31. The molecular weight excluding hydrogens is 320 g/mol. The lowest BCUT2D eigenvalue weighted by molar-refractivity contribution is 0.261. The molecule has 0 radical (unpaired) electrons. The Kier molecular flexibility index (Phi) is 4.94. The molecule has 0 fully saturated rings. The Morgan fingerprint density at radius 2 is 1.76 bits per heavy atom. The number of benzene rings is 2. The van der Waals surface area contributed by atoms with E-state index < -0.39 is 6.03 Å². The summed E-state index contributed by atoms with van der Waals surface area (Å²) in [4.78, 5) is 12.0. The highest BCUT2D eigenvalue weighted by Gasteiger charge is 2.11. The van der Waals surface area contributed by atoms with Crippen LogP contribution in [0.5, 0.6) is 5.75 Å². The van der Waals surface area contributed by atoms with Gasteiger partial charge in [-0.25, -0.2) is 4.79 Å². The fraction of sp³-hybridized carbons (Fsp3) is 0.167. The molecule has 0 aliphatic heterocycles. The van der Waals surface area contributed by atoms with Crippen molar-refractivity contribution in [1.82, 2.24) is 10.2 Å². The minimum atomic E-state index is -0.453. The van der Waals surface area contributed by atoms with Gasteiger partial charge in [0, 0.05) is 11.3 Å². The van der Waals surface area contributed by atoms with Gasteiger partial charge in [0.15, 0.2) is 0 Å². The maximum Gasteiger partial charge on any atom is 0.327 e. The number of carbonyl (C=O) groups excluding carboxylic acids is 1. The fourth-order valence-electron chi connectivity index (χ4n) is 2.15. The minimum Gasteiger partial charge on any atom is -0.494 e. The largest absolute Gasteiger partial charge is 0.494 e. The Bertz CT molecular complexity index is 842. The normalized spacial score (nSPS) is 10.3. The third-order valence-electron chi connectivity index (χ3n) is 3.37. The standard InChI is InChI=1S/C18H18N4O3/c1-3-24-15-10-6-13(7-11-15)16-21-22-18(25-16)20-17(23)19-14-8-4-12(2)5-9-14/h4-11H,3H2,1-2H3,(H2,19,20,22,23). The molecule has 0 aliphatic rings. The Morgan fingerprint density at radius 1 is 1.04 bits per heavy atom. The van der Waals surface area contributed by atoms with Crippen LogP contribution >= 0.6 is 0 Å². The van der Waals surface area contributed by atoms with E-state index >= 15 is 0 Å². The molecule has 0 unspecified atom stereocenters. The molecule has 3 aromatic rings. The zero-order valence-corrected chi connectivity index (χ0v) is 13.9. The highest BCUT2D eigenvalue weighted by Crippen LogP contribution is 2.22. The van der Waals surface area contributed by atoms with Gasteiger partial charge in [0.05, 0.1) is 6.61 Å². The average Bonchev–Trinajstić information content (AvgIpc) is 3.06. The van der Waals surface area contributed by atoms with Gasteiger partial charge in [-0.05, 0) is 50.2 Å². The number of urea groups is 1. The van der Waals surface area contributed by atoms with Crippen molar-refractivity contribution >= 4 is 17.7 Å². The maximum atomic E-state index is 12.0. The van der Waals surface area contributed by atoms with Gasteiger partial charge in [0.2, 0.25) is 5.89 Å². The Labute approximate surface area is 145 Å². The van der Waals surface area contributed by atoms with Crippen LogP contribution in [0.25, 0.3) is 11.5 Å². The maximum absolute atomic E-state index is 12.0. The van der Waals surface area contributed by atoms with Crippen LogP contribution < -0.4 is 15.4 Å². The summed E-state index contributed by atoms with van der Waals surface area (Å²) in [5.74, 6) is 1.08. The van der Waals surface area contributed by atoms with Gasteiger partial charge in [-0.15, -0.1) is 5.10 Å². The van der Waals surface area contributed by atoms with Gasteiger partial charge >= 0.3 is 12.0 Å². The summed E-state index contributed by atoms with van der Waals surface area (Å²) in [6.07, 6.45) is 0. The molecule has 128 valence electrons. The molecule has 2 amide bonds. The summed E-state index contributed by atoms with van der Waals surface area (Å²) < 4.78 is 10.8. The predicted molar refractivity (Wildman–Crippen MR) is 94.7 cm³/mol. The molecule has 1 aromatic heterocycles. The van der Waals surface area contributed by atoms with Gasteiger partial charge in [0.25, 0.3) is 0 Å². The third kappa shape index (κ3) is 4.35. The number of ether oxygens (including phenoxy) is 1. The topological polar surface area (TPSA) is 89.3 Å². The Morgan fingerprint density at radius 3 is 2.44 bits per heavy atom. The van der Waals surface area contributed by atoms with Gasteiger partial charge < -0.3 is 14.5 Å². The SMILES string of the molecule is CCOc1ccc(-c2nnc(NC(=O)Nc3ccc(C)cc3)o2)cc1. The van der Waals surface area contributed by atoms with Crippen LogP contribution in [-0.4, -0.2) is 22.8 Å². The highest BCUT2D eigenvalue weighted by atomic mass is 16.5. The van der Waals surface area contributed by atoms with E-state index in [2.05, 4.69) is 20.8 Å². The van der Waals surface area contributed by atoms with Crippen LogP contribution in [-0.2, 0) is 0 Å². The quantitative estimate of drug-likeness (QED) is 0.731.